The molecule has 1 amide bonds. The van der Waals surface area contributed by atoms with Crippen LogP contribution in [0.2, 0.25) is 0 Å². The van der Waals surface area contributed by atoms with Crippen molar-refractivity contribution in [1.29, 1.82) is 0 Å². The summed E-state index contributed by atoms with van der Waals surface area (Å²) in [6.07, 6.45) is 0.740. The number of carbonyl (C=O) groups is 1. The summed E-state index contributed by atoms with van der Waals surface area (Å²) in [6, 6.07) is 13.4. The quantitative estimate of drug-likeness (QED) is 0.737. The number of benzene rings is 2. The molecule has 0 aliphatic carbocycles. The van der Waals surface area contributed by atoms with Gasteiger partial charge in [-0.15, -0.1) is 0 Å². The molecular weight excluding hydrogens is 335 g/mol. The van der Waals surface area contributed by atoms with E-state index in [9.17, 15) is 14.0 Å². The van der Waals surface area contributed by atoms with Gasteiger partial charge in [0.15, 0.2) is 5.58 Å². The first kappa shape index (κ1) is 17.9. The van der Waals surface area contributed by atoms with E-state index in [1.54, 1.807) is 30.3 Å². The van der Waals surface area contributed by atoms with Crippen LogP contribution < -0.4 is 11.1 Å². The molecule has 0 aliphatic heterocycles. The van der Waals surface area contributed by atoms with Gasteiger partial charge in [-0.2, -0.15) is 0 Å². The first-order valence-electron chi connectivity index (χ1n) is 8.48. The molecule has 136 valence electrons. The highest BCUT2D eigenvalue weighted by molar-refractivity contribution is 5.77. The molecule has 5 nitrogen and oxygen atoms in total. The van der Waals surface area contributed by atoms with Crippen LogP contribution in [0.5, 0.6) is 0 Å². The van der Waals surface area contributed by atoms with Crippen LogP contribution in [0.25, 0.3) is 11.1 Å². The Morgan fingerprint density at radius 1 is 1.15 bits per heavy atom. The van der Waals surface area contributed by atoms with Crippen molar-refractivity contribution in [2.75, 3.05) is 0 Å². The van der Waals surface area contributed by atoms with Gasteiger partial charge in [-0.25, -0.2) is 9.18 Å². The fourth-order valence-corrected chi connectivity index (χ4v) is 3.04. The van der Waals surface area contributed by atoms with E-state index in [1.165, 1.54) is 16.7 Å². The van der Waals surface area contributed by atoms with Gasteiger partial charge in [0, 0.05) is 18.5 Å². The van der Waals surface area contributed by atoms with Gasteiger partial charge in [0.25, 0.3) is 0 Å². The number of nitrogens with zero attached hydrogens (tertiary/aromatic N) is 1. The number of amides is 1. The maximum absolute atomic E-state index is 13.0. The number of nitrogens with one attached hydrogen (secondary N) is 1. The number of carbonyl (C=O) groups excluding carboxylic acids is 1. The molecule has 0 aliphatic rings. The minimum absolute atomic E-state index is 0.158. The predicted octanol–water partition coefficient (Wildman–Crippen LogP) is 3.26. The van der Waals surface area contributed by atoms with E-state index in [4.69, 9.17) is 4.42 Å². The van der Waals surface area contributed by atoms with E-state index in [1.807, 2.05) is 19.9 Å². The minimum atomic E-state index is -0.488. The van der Waals surface area contributed by atoms with E-state index in [-0.39, 0.29) is 24.7 Å². The second kappa shape index (κ2) is 7.15. The highest BCUT2D eigenvalue weighted by atomic mass is 19.1. The van der Waals surface area contributed by atoms with Gasteiger partial charge < -0.3 is 9.73 Å². The highest BCUT2D eigenvalue weighted by Crippen LogP contribution is 2.15. The monoisotopic (exact) mass is 356 g/mol. The third-order valence-electron chi connectivity index (χ3n) is 4.17. The van der Waals surface area contributed by atoms with Crippen LogP contribution in [0.3, 0.4) is 0 Å². The predicted molar refractivity (Wildman–Crippen MR) is 97.4 cm³/mol. The Morgan fingerprint density at radius 3 is 2.58 bits per heavy atom. The Balaban J connectivity index is 1.61. The lowest BCUT2D eigenvalue weighted by molar-refractivity contribution is -0.122. The minimum Gasteiger partial charge on any atom is -0.408 e. The average molecular weight is 356 g/mol. The Hall–Kier alpha value is -2.89. The van der Waals surface area contributed by atoms with Crippen LogP contribution in [0, 0.1) is 5.82 Å². The lowest BCUT2D eigenvalue weighted by atomic mass is 9.94. The van der Waals surface area contributed by atoms with Gasteiger partial charge in [0.1, 0.15) is 5.82 Å². The molecule has 1 heterocycles. The van der Waals surface area contributed by atoms with Gasteiger partial charge >= 0.3 is 5.76 Å². The maximum atomic E-state index is 13.0. The molecule has 3 rings (SSSR count). The van der Waals surface area contributed by atoms with Crippen molar-refractivity contribution in [2.45, 2.75) is 38.8 Å². The van der Waals surface area contributed by atoms with Crippen LogP contribution in [-0.2, 0) is 17.8 Å². The fourth-order valence-electron chi connectivity index (χ4n) is 3.04. The number of aryl methyl sites for hydroxylation is 1. The number of para-hydroxylation sites is 2. The van der Waals surface area contributed by atoms with Crippen LogP contribution in [-0.4, -0.2) is 16.0 Å². The van der Waals surface area contributed by atoms with Gasteiger partial charge in [-0.1, -0.05) is 24.3 Å². The van der Waals surface area contributed by atoms with E-state index in [0.717, 1.165) is 5.56 Å². The van der Waals surface area contributed by atoms with Gasteiger partial charge in [0.2, 0.25) is 5.91 Å². The molecule has 3 aromatic rings. The van der Waals surface area contributed by atoms with Crippen molar-refractivity contribution in [1.82, 2.24) is 9.88 Å². The first-order valence-corrected chi connectivity index (χ1v) is 8.48. The van der Waals surface area contributed by atoms with Crippen LogP contribution in [0.15, 0.2) is 57.7 Å². The molecule has 6 heteroatoms. The molecule has 0 radical (unpaired) electrons. The summed E-state index contributed by atoms with van der Waals surface area (Å²) >= 11 is 0. The smallest absolute Gasteiger partial charge is 0.408 e. The molecule has 0 spiro atoms. The molecule has 1 N–H and O–H groups in total. The zero-order valence-electron chi connectivity index (χ0n) is 14.8. The summed E-state index contributed by atoms with van der Waals surface area (Å²) < 4.78 is 19.6. The Kier molecular flexibility index (Phi) is 4.93. The molecule has 0 fully saturated rings. The molecule has 0 saturated heterocycles. The highest BCUT2D eigenvalue weighted by Gasteiger charge is 2.21. The summed E-state index contributed by atoms with van der Waals surface area (Å²) in [5.74, 6) is -0.910. The largest absolute Gasteiger partial charge is 0.419 e. The zero-order chi connectivity index (χ0) is 18.7. The zero-order valence-corrected chi connectivity index (χ0v) is 14.8. The van der Waals surface area contributed by atoms with Gasteiger partial charge in [0.05, 0.1) is 5.52 Å². The fraction of sp³-hybridized carbons (Fsp3) is 0.300. The van der Waals surface area contributed by atoms with Gasteiger partial charge in [-0.05, 0) is 50.1 Å². The maximum Gasteiger partial charge on any atom is 0.419 e. The van der Waals surface area contributed by atoms with Crippen LogP contribution in [0.1, 0.15) is 25.8 Å². The van der Waals surface area contributed by atoms with Crippen molar-refractivity contribution in [3.8, 4) is 0 Å². The molecule has 0 atom stereocenters. The summed E-state index contributed by atoms with van der Waals surface area (Å²) in [7, 11) is 0. The SMILES string of the molecule is CC(C)(Cc1ccc(F)cc1)NC(=O)CCn1c(=O)oc2ccccc21. The molecule has 26 heavy (non-hydrogen) atoms. The number of fused-ring (bicyclic) bond motifs is 1. The molecule has 2 aromatic carbocycles. The van der Waals surface area contributed by atoms with Crippen LogP contribution in [0.4, 0.5) is 4.39 Å². The third-order valence-corrected chi connectivity index (χ3v) is 4.17. The summed E-state index contributed by atoms with van der Waals surface area (Å²) in [5.41, 5.74) is 1.64. The number of hydrogen-bond acceptors (Lipinski definition) is 3. The van der Waals surface area contributed by atoms with Crippen molar-refractivity contribution in [3.63, 3.8) is 0 Å². The van der Waals surface area contributed by atoms with Gasteiger partial charge in [-0.3, -0.25) is 9.36 Å². The van der Waals surface area contributed by atoms with E-state index in [2.05, 4.69) is 5.32 Å². The van der Waals surface area contributed by atoms with Crippen LogP contribution >= 0.6 is 0 Å². The summed E-state index contributed by atoms with van der Waals surface area (Å²) in [6.45, 7) is 4.07. The number of halogens is 1. The Labute approximate surface area is 150 Å². The third kappa shape index (κ3) is 4.20. The number of oxazole rings is 1. The molecule has 0 unspecified atom stereocenters. The average Bonchev–Trinajstić information content (AvgIpc) is 2.89. The van der Waals surface area contributed by atoms with E-state index < -0.39 is 11.3 Å². The molecular formula is C20H21FN2O3. The summed E-state index contributed by atoms with van der Waals surface area (Å²) in [4.78, 5) is 24.3. The Morgan fingerprint density at radius 2 is 1.85 bits per heavy atom. The van der Waals surface area contributed by atoms with Crippen molar-refractivity contribution in [3.05, 3.63) is 70.5 Å². The normalized spacial score (nSPS) is 11.7. The lowest BCUT2D eigenvalue weighted by Gasteiger charge is -2.26. The van der Waals surface area contributed by atoms with Crippen molar-refractivity contribution >= 4 is 17.0 Å². The first-order chi connectivity index (χ1) is 12.3. The van der Waals surface area contributed by atoms with Crippen molar-refractivity contribution < 1.29 is 13.6 Å². The molecule has 1 aromatic heterocycles. The second-order valence-electron chi connectivity index (χ2n) is 6.97. The van der Waals surface area contributed by atoms with E-state index in [0.29, 0.717) is 17.5 Å². The molecule has 0 saturated carbocycles. The summed E-state index contributed by atoms with van der Waals surface area (Å²) in [5, 5.41) is 2.97. The second-order valence-corrected chi connectivity index (χ2v) is 6.97. The molecule has 0 bridgehead atoms. The number of aromatic nitrogens is 1. The lowest BCUT2D eigenvalue weighted by Crippen LogP contribution is -2.45. The topological polar surface area (TPSA) is 64.2 Å². The Bertz CT molecular complexity index is 971. The van der Waals surface area contributed by atoms with E-state index >= 15 is 0 Å². The number of rotatable bonds is 6. The number of hydrogen-bond donors (Lipinski definition) is 1. The standard InChI is InChI=1S/C20H21FN2O3/c1-20(2,13-14-7-9-15(21)10-8-14)22-18(24)11-12-23-16-5-3-4-6-17(16)26-19(23)25/h3-10H,11-13H2,1-2H3,(H,22,24). The van der Waals surface area contributed by atoms with Crippen molar-refractivity contribution in [2.24, 2.45) is 0 Å².